The Morgan fingerprint density at radius 1 is 1.00 bits per heavy atom. The average Bonchev–Trinajstić information content (AvgIpc) is 3.22. The van der Waals surface area contributed by atoms with E-state index >= 15 is 0 Å². The van der Waals surface area contributed by atoms with Crippen LogP contribution in [0, 0.1) is 0 Å². The molecular formula is C19H29N5O2. The lowest BCUT2D eigenvalue weighted by Crippen LogP contribution is -2.38. The van der Waals surface area contributed by atoms with Crippen LogP contribution in [-0.2, 0) is 11.3 Å². The van der Waals surface area contributed by atoms with Gasteiger partial charge in [0, 0.05) is 57.4 Å². The Kier molecular flexibility index (Phi) is 6.68. The first-order valence-electron chi connectivity index (χ1n) is 9.72. The summed E-state index contributed by atoms with van der Waals surface area (Å²) in [4.78, 5) is 32.7. The Hall–Kier alpha value is -2.31. The van der Waals surface area contributed by atoms with Crippen molar-refractivity contribution in [3.05, 3.63) is 23.9 Å². The quantitative estimate of drug-likeness (QED) is 0.813. The maximum atomic E-state index is 12.0. The van der Waals surface area contributed by atoms with Crippen molar-refractivity contribution in [1.29, 1.82) is 0 Å². The highest BCUT2D eigenvalue weighted by atomic mass is 16.2. The van der Waals surface area contributed by atoms with Gasteiger partial charge in [-0.25, -0.2) is 9.78 Å². The Balaban J connectivity index is 1.42. The average molecular weight is 359 g/mol. The molecule has 3 rings (SSSR count). The number of nitrogens with one attached hydrogen (secondary N) is 2. The molecule has 142 valence electrons. The molecule has 7 heteroatoms. The predicted octanol–water partition coefficient (Wildman–Crippen LogP) is 1.88. The van der Waals surface area contributed by atoms with Crippen LogP contribution in [0.3, 0.4) is 0 Å². The smallest absolute Gasteiger partial charge is 0.315 e. The number of rotatable bonds is 6. The number of urea groups is 1. The van der Waals surface area contributed by atoms with Crippen molar-refractivity contribution in [2.45, 2.75) is 45.1 Å². The molecule has 0 atom stereocenters. The van der Waals surface area contributed by atoms with Crippen LogP contribution in [0.5, 0.6) is 0 Å². The lowest BCUT2D eigenvalue weighted by atomic mass is 10.1. The molecule has 0 spiro atoms. The van der Waals surface area contributed by atoms with Gasteiger partial charge in [-0.15, -0.1) is 0 Å². The van der Waals surface area contributed by atoms with E-state index in [2.05, 4.69) is 20.5 Å². The number of hydrogen-bond acceptors (Lipinski definition) is 4. The number of amides is 3. The maximum Gasteiger partial charge on any atom is 0.315 e. The number of nitrogens with zero attached hydrogens (tertiary/aromatic N) is 3. The summed E-state index contributed by atoms with van der Waals surface area (Å²) < 4.78 is 0. The number of anilines is 1. The molecule has 1 aromatic heterocycles. The van der Waals surface area contributed by atoms with Gasteiger partial charge in [-0.1, -0.05) is 6.07 Å². The molecule has 3 heterocycles. The van der Waals surface area contributed by atoms with Crippen molar-refractivity contribution in [1.82, 2.24) is 20.5 Å². The maximum absolute atomic E-state index is 12.0. The minimum atomic E-state index is -0.243. The van der Waals surface area contributed by atoms with Crippen molar-refractivity contribution >= 4 is 17.8 Å². The van der Waals surface area contributed by atoms with Crippen molar-refractivity contribution in [2.75, 3.05) is 37.6 Å². The molecule has 0 aliphatic carbocycles. The van der Waals surface area contributed by atoms with Gasteiger partial charge in [0.25, 0.3) is 0 Å². The summed E-state index contributed by atoms with van der Waals surface area (Å²) in [6.07, 6.45) is 7.99. The standard InChI is InChI=1S/C19H29N5O2/c25-17(23-11-4-5-12-23)8-10-21-19(26)22-15-16-7-6-9-20-18(16)24-13-2-1-3-14-24/h6-7,9H,1-5,8,10-15H2,(H2,21,22,26). The van der Waals surface area contributed by atoms with Crippen LogP contribution >= 0.6 is 0 Å². The lowest BCUT2D eigenvalue weighted by molar-refractivity contribution is -0.129. The highest BCUT2D eigenvalue weighted by Crippen LogP contribution is 2.21. The zero-order chi connectivity index (χ0) is 18.2. The van der Waals surface area contributed by atoms with Crippen LogP contribution in [-0.4, -0.2) is 54.5 Å². The topological polar surface area (TPSA) is 77.6 Å². The molecule has 2 saturated heterocycles. The number of pyridine rings is 1. The first-order chi connectivity index (χ1) is 12.7. The van der Waals surface area contributed by atoms with Crippen molar-refractivity contribution in [2.24, 2.45) is 0 Å². The Morgan fingerprint density at radius 3 is 2.50 bits per heavy atom. The van der Waals surface area contributed by atoms with E-state index in [4.69, 9.17) is 0 Å². The second-order valence-electron chi connectivity index (χ2n) is 6.98. The third kappa shape index (κ3) is 5.09. The Morgan fingerprint density at radius 2 is 1.73 bits per heavy atom. The van der Waals surface area contributed by atoms with Crippen LogP contribution < -0.4 is 15.5 Å². The highest BCUT2D eigenvalue weighted by molar-refractivity contribution is 5.78. The minimum Gasteiger partial charge on any atom is -0.356 e. The molecule has 0 bridgehead atoms. The van der Waals surface area contributed by atoms with Gasteiger partial charge in [-0.05, 0) is 38.2 Å². The molecule has 2 aliphatic rings. The highest BCUT2D eigenvalue weighted by Gasteiger charge is 2.18. The summed E-state index contributed by atoms with van der Waals surface area (Å²) in [7, 11) is 0. The third-order valence-corrected chi connectivity index (χ3v) is 5.05. The van der Waals surface area contributed by atoms with Gasteiger partial charge in [-0.2, -0.15) is 0 Å². The molecule has 0 unspecified atom stereocenters. The number of likely N-dealkylation sites (tertiary alicyclic amines) is 1. The van der Waals surface area contributed by atoms with E-state index in [1.165, 1.54) is 19.3 Å². The lowest BCUT2D eigenvalue weighted by Gasteiger charge is -2.29. The van der Waals surface area contributed by atoms with Crippen molar-refractivity contribution in [3.8, 4) is 0 Å². The van der Waals surface area contributed by atoms with Crippen LogP contribution in [0.15, 0.2) is 18.3 Å². The molecule has 0 saturated carbocycles. The van der Waals surface area contributed by atoms with E-state index in [-0.39, 0.29) is 11.9 Å². The summed E-state index contributed by atoms with van der Waals surface area (Å²) >= 11 is 0. The fourth-order valence-electron chi connectivity index (χ4n) is 3.60. The van der Waals surface area contributed by atoms with E-state index in [1.54, 1.807) is 6.20 Å². The van der Waals surface area contributed by atoms with E-state index in [0.717, 1.165) is 50.4 Å². The normalized spacial score (nSPS) is 17.2. The summed E-state index contributed by atoms with van der Waals surface area (Å²) in [5, 5.41) is 5.65. The Bertz CT molecular complexity index is 610. The molecule has 2 aliphatic heterocycles. The number of aromatic nitrogens is 1. The fraction of sp³-hybridized carbons (Fsp3) is 0.632. The van der Waals surface area contributed by atoms with Gasteiger partial charge >= 0.3 is 6.03 Å². The molecule has 7 nitrogen and oxygen atoms in total. The summed E-state index contributed by atoms with van der Waals surface area (Å²) in [5.41, 5.74) is 1.03. The van der Waals surface area contributed by atoms with Crippen LogP contribution in [0.2, 0.25) is 0 Å². The molecule has 2 fully saturated rings. The van der Waals surface area contributed by atoms with Gasteiger partial charge in [-0.3, -0.25) is 4.79 Å². The largest absolute Gasteiger partial charge is 0.356 e. The van der Waals surface area contributed by atoms with Crippen molar-refractivity contribution < 1.29 is 9.59 Å². The fourth-order valence-corrected chi connectivity index (χ4v) is 3.60. The van der Waals surface area contributed by atoms with Gasteiger partial charge in [0.2, 0.25) is 5.91 Å². The van der Waals surface area contributed by atoms with Crippen molar-refractivity contribution in [3.63, 3.8) is 0 Å². The molecule has 0 radical (unpaired) electrons. The monoisotopic (exact) mass is 359 g/mol. The van der Waals surface area contributed by atoms with E-state index in [9.17, 15) is 9.59 Å². The minimum absolute atomic E-state index is 0.127. The number of carbonyl (C=O) groups is 2. The molecular weight excluding hydrogens is 330 g/mol. The summed E-state index contributed by atoms with van der Waals surface area (Å²) in [6.45, 7) is 4.55. The van der Waals surface area contributed by atoms with Crippen LogP contribution in [0.1, 0.15) is 44.1 Å². The molecule has 1 aromatic rings. The number of carbonyl (C=O) groups excluding carboxylic acids is 2. The number of hydrogen-bond donors (Lipinski definition) is 2. The van der Waals surface area contributed by atoms with Gasteiger partial charge in [0.15, 0.2) is 0 Å². The first kappa shape index (κ1) is 18.5. The molecule has 2 N–H and O–H groups in total. The molecule has 3 amide bonds. The van der Waals surface area contributed by atoms with Crippen LogP contribution in [0.25, 0.3) is 0 Å². The zero-order valence-corrected chi connectivity index (χ0v) is 15.4. The third-order valence-electron chi connectivity index (χ3n) is 5.05. The first-order valence-corrected chi connectivity index (χ1v) is 9.72. The summed E-state index contributed by atoms with van der Waals surface area (Å²) in [5.74, 6) is 1.10. The predicted molar refractivity (Wildman–Crippen MR) is 101 cm³/mol. The van der Waals surface area contributed by atoms with Gasteiger partial charge in [0.1, 0.15) is 5.82 Å². The Labute approximate surface area is 155 Å². The number of piperidine rings is 1. The SMILES string of the molecule is O=C(NCCC(=O)N1CCCC1)NCc1cccnc1N1CCCCC1. The van der Waals surface area contributed by atoms with Gasteiger partial charge < -0.3 is 20.4 Å². The van der Waals surface area contributed by atoms with Crippen LogP contribution in [0.4, 0.5) is 10.6 Å². The second kappa shape index (κ2) is 9.40. The summed E-state index contributed by atoms with van der Waals surface area (Å²) in [6, 6.07) is 3.67. The zero-order valence-electron chi connectivity index (χ0n) is 15.4. The second-order valence-corrected chi connectivity index (χ2v) is 6.98. The molecule has 26 heavy (non-hydrogen) atoms. The molecule has 0 aromatic carbocycles. The van der Waals surface area contributed by atoms with E-state index < -0.39 is 0 Å². The van der Waals surface area contributed by atoms with Gasteiger partial charge in [0.05, 0.1) is 0 Å². The van der Waals surface area contributed by atoms with E-state index in [0.29, 0.717) is 19.5 Å². The van der Waals surface area contributed by atoms with E-state index in [1.807, 2.05) is 17.0 Å².